The lowest BCUT2D eigenvalue weighted by atomic mass is 9.96. The third kappa shape index (κ3) is 5.65. The van der Waals surface area contributed by atoms with Gasteiger partial charge in [0.05, 0.1) is 6.61 Å². The van der Waals surface area contributed by atoms with E-state index in [9.17, 15) is 5.11 Å². The van der Waals surface area contributed by atoms with E-state index in [4.69, 9.17) is 0 Å². The van der Waals surface area contributed by atoms with Gasteiger partial charge in [-0.05, 0) is 33.2 Å². The summed E-state index contributed by atoms with van der Waals surface area (Å²) in [5, 5.41) is 21.8. The summed E-state index contributed by atoms with van der Waals surface area (Å²) in [6, 6.07) is 0. The molecule has 1 heterocycles. The van der Waals surface area contributed by atoms with E-state index in [1.54, 1.807) is 23.1 Å². The summed E-state index contributed by atoms with van der Waals surface area (Å²) >= 11 is 3.43. The molecule has 1 rings (SSSR count). The Morgan fingerprint density at radius 1 is 1.39 bits per heavy atom. The van der Waals surface area contributed by atoms with Crippen LogP contribution >= 0.6 is 23.1 Å². The van der Waals surface area contributed by atoms with Crippen LogP contribution in [0.2, 0.25) is 0 Å². The fourth-order valence-corrected chi connectivity index (χ4v) is 3.65. The topological polar surface area (TPSA) is 58.0 Å². The minimum absolute atomic E-state index is 0.126. The zero-order valence-electron chi connectivity index (χ0n) is 11.4. The van der Waals surface area contributed by atoms with Gasteiger partial charge < -0.3 is 10.4 Å². The highest BCUT2D eigenvalue weighted by Crippen LogP contribution is 2.23. The molecule has 104 valence electrons. The van der Waals surface area contributed by atoms with Gasteiger partial charge in [-0.1, -0.05) is 36.4 Å². The van der Waals surface area contributed by atoms with E-state index in [0.717, 1.165) is 40.9 Å². The average Bonchev–Trinajstić information content (AvgIpc) is 2.75. The summed E-state index contributed by atoms with van der Waals surface area (Å²) in [7, 11) is 0. The average molecular weight is 289 g/mol. The summed E-state index contributed by atoms with van der Waals surface area (Å²) < 4.78 is 1.06. The molecule has 0 amide bonds. The van der Waals surface area contributed by atoms with Gasteiger partial charge in [0, 0.05) is 11.3 Å². The van der Waals surface area contributed by atoms with Crippen LogP contribution in [0.3, 0.4) is 0 Å². The SMILES string of the molecule is CCNC(C)(CO)CCCCSc1nnc(C)s1. The van der Waals surface area contributed by atoms with Crippen LogP contribution < -0.4 is 5.32 Å². The Morgan fingerprint density at radius 3 is 2.72 bits per heavy atom. The van der Waals surface area contributed by atoms with Crippen molar-refractivity contribution >= 4 is 23.1 Å². The molecule has 0 saturated heterocycles. The Bertz CT molecular complexity index is 346. The number of rotatable bonds is 9. The van der Waals surface area contributed by atoms with Crippen LogP contribution in [0.4, 0.5) is 0 Å². The van der Waals surface area contributed by atoms with Crippen molar-refractivity contribution in [3.8, 4) is 0 Å². The van der Waals surface area contributed by atoms with E-state index in [1.165, 1.54) is 0 Å². The lowest BCUT2D eigenvalue weighted by Crippen LogP contribution is -2.45. The smallest absolute Gasteiger partial charge is 0.174 e. The molecule has 1 atom stereocenters. The molecule has 1 aromatic heterocycles. The maximum absolute atomic E-state index is 9.37. The van der Waals surface area contributed by atoms with E-state index >= 15 is 0 Å². The number of aliphatic hydroxyl groups excluding tert-OH is 1. The lowest BCUT2D eigenvalue weighted by Gasteiger charge is -2.28. The number of aliphatic hydroxyl groups is 1. The Morgan fingerprint density at radius 2 is 2.17 bits per heavy atom. The standard InChI is InChI=1S/C12H23N3OS2/c1-4-13-12(3,9-16)7-5-6-8-17-11-15-14-10(2)18-11/h13,16H,4-9H2,1-3H3. The molecule has 0 radical (unpaired) electrons. The van der Waals surface area contributed by atoms with Gasteiger partial charge in [-0.15, -0.1) is 10.2 Å². The minimum Gasteiger partial charge on any atom is -0.394 e. The van der Waals surface area contributed by atoms with Crippen molar-refractivity contribution < 1.29 is 5.11 Å². The molecule has 0 aliphatic carbocycles. The predicted octanol–water partition coefficient (Wildman–Crippen LogP) is 2.47. The second-order valence-corrected chi connectivity index (χ2v) is 7.17. The Labute approximate surface area is 118 Å². The molecule has 0 saturated carbocycles. The van der Waals surface area contributed by atoms with E-state index in [1.807, 2.05) is 6.92 Å². The summed E-state index contributed by atoms with van der Waals surface area (Å²) in [4.78, 5) is 0. The second-order valence-electron chi connectivity index (χ2n) is 4.64. The van der Waals surface area contributed by atoms with E-state index in [-0.39, 0.29) is 12.1 Å². The molecule has 2 N–H and O–H groups in total. The van der Waals surface area contributed by atoms with Crippen molar-refractivity contribution in [2.24, 2.45) is 0 Å². The van der Waals surface area contributed by atoms with Gasteiger partial charge in [-0.2, -0.15) is 0 Å². The van der Waals surface area contributed by atoms with Gasteiger partial charge in [-0.3, -0.25) is 0 Å². The predicted molar refractivity (Wildman–Crippen MR) is 78.4 cm³/mol. The van der Waals surface area contributed by atoms with Gasteiger partial charge >= 0.3 is 0 Å². The van der Waals surface area contributed by atoms with Crippen LogP contribution in [0.25, 0.3) is 0 Å². The Balaban J connectivity index is 2.14. The number of hydrogen-bond donors (Lipinski definition) is 2. The lowest BCUT2D eigenvalue weighted by molar-refractivity contribution is 0.165. The Kier molecular flexibility index (Phi) is 7.14. The maximum atomic E-state index is 9.37. The highest BCUT2D eigenvalue weighted by Gasteiger charge is 2.20. The molecular weight excluding hydrogens is 266 g/mol. The molecule has 0 aliphatic rings. The van der Waals surface area contributed by atoms with Crippen LogP contribution in [0.15, 0.2) is 4.34 Å². The van der Waals surface area contributed by atoms with E-state index in [0.29, 0.717) is 0 Å². The van der Waals surface area contributed by atoms with Gasteiger partial charge in [0.25, 0.3) is 0 Å². The molecule has 0 spiro atoms. The molecule has 4 nitrogen and oxygen atoms in total. The van der Waals surface area contributed by atoms with Crippen LogP contribution in [-0.2, 0) is 0 Å². The largest absolute Gasteiger partial charge is 0.394 e. The van der Waals surface area contributed by atoms with Gasteiger partial charge in [0.15, 0.2) is 4.34 Å². The first kappa shape index (κ1) is 15.9. The maximum Gasteiger partial charge on any atom is 0.174 e. The number of aromatic nitrogens is 2. The summed E-state index contributed by atoms with van der Waals surface area (Å²) in [6.07, 6.45) is 3.27. The Hall–Kier alpha value is -0.170. The van der Waals surface area contributed by atoms with Crippen LogP contribution in [0, 0.1) is 6.92 Å². The number of unbranched alkanes of at least 4 members (excludes halogenated alkanes) is 1. The monoisotopic (exact) mass is 289 g/mol. The molecule has 0 aromatic carbocycles. The number of hydrogen-bond acceptors (Lipinski definition) is 6. The van der Waals surface area contributed by atoms with Gasteiger partial charge in [-0.25, -0.2) is 0 Å². The number of likely N-dealkylation sites (N-methyl/N-ethyl adjacent to an activating group) is 1. The number of thioether (sulfide) groups is 1. The summed E-state index contributed by atoms with van der Waals surface area (Å²) in [5.41, 5.74) is -0.126. The van der Waals surface area contributed by atoms with Gasteiger partial charge in [0.1, 0.15) is 5.01 Å². The van der Waals surface area contributed by atoms with Crippen LogP contribution in [0.1, 0.15) is 38.1 Å². The fourth-order valence-electron chi connectivity index (χ4n) is 1.76. The van der Waals surface area contributed by atoms with Crippen molar-refractivity contribution in [1.82, 2.24) is 15.5 Å². The van der Waals surface area contributed by atoms with Crippen LogP contribution in [0.5, 0.6) is 0 Å². The molecule has 18 heavy (non-hydrogen) atoms. The third-order valence-electron chi connectivity index (χ3n) is 2.81. The van der Waals surface area contributed by atoms with Gasteiger partial charge in [0.2, 0.25) is 0 Å². The van der Waals surface area contributed by atoms with E-state index < -0.39 is 0 Å². The third-order valence-corrected chi connectivity index (χ3v) is 4.87. The first-order valence-electron chi connectivity index (χ1n) is 6.38. The normalized spacial score (nSPS) is 14.7. The van der Waals surface area contributed by atoms with Crippen molar-refractivity contribution in [2.75, 3.05) is 18.9 Å². The number of aryl methyl sites for hydroxylation is 1. The number of nitrogens with one attached hydrogen (secondary N) is 1. The highest BCUT2D eigenvalue weighted by atomic mass is 32.2. The minimum atomic E-state index is -0.126. The molecule has 0 aliphatic heterocycles. The molecule has 0 bridgehead atoms. The number of nitrogens with zero attached hydrogens (tertiary/aromatic N) is 2. The quantitative estimate of drug-likeness (QED) is 0.540. The van der Waals surface area contributed by atoms with Crippen molar-refractivity contribution in [2.45, 2.75) is 49.9 Å². The van der Waals surface area contributed by atoms with Crippen molar-refractivity contribution in [3.63, 3.8) is 0 Å². The highest BCUT2D eigenvalue weighted by molar-refractivity contribution is 8.01. The summed E-state index contributed by atoms with van der Waals surface area (Å²) in [6.45, 7) is 7.23. The summed E-state index contributed by atoms with van der Waals surface area (Å²) in [5.74, 6) is 1.07. The fraction of sp³-hybridized carbons (Fsp3) is 0.833. The first-order chi connectivity index (χ1) is 8.59. The zero-order chi connectivity index (χ0) is 13.4. The molecule has 1 aromatic rings. The molecule has 6 heteroatoms. The van der Waals surface area contributed by atoms with Crippen molar-refractivity contribution in [1.29, 1.82) is 0 Å². The molecule has 1 unspecified atom stereocenters. The zero-order valence-corrected chi connectivity index (χ0v) is 13.0. The van der Waals surface area contributed by atoms with Crippen molar-refractivity contribution in [3.05, 3.63) is 5.01 Å². The van der Waals surface area contributed by atoms with E-state index in [2.05, 4.69) is 29.4 Å². The molecular formula is C12H23N3OS2. The van der Waals surface area contributed by atoms with Crippen LogP contribution in [-0.4, -0.2) is 39.7 Å². The molecule has 0 fully saturated rings. The second kappa shape index (κ2) is 8.09. The first-order valence-corrected chi connectivity index (χ1v) is 8.18.